The smallest absolute Gasteiger partial charge is 0.261 e. The van der Waals surface area contributed by atoms with Crippen molar-refractivity contribution in [2.75, 3.05) is 0 Å². The molecule has 0 bridgehead atoms. The molecule has 0 saturated carbocycles. The molecule has 2 heterocycles. The number of rotatable bonds is 17. The third kappa shape index (κ3) is 6.27. The predicted molar refractivity (Wildman–Crippen MR) is 170 cm³/mol. The summed E-state index contributed by atoms with van der Waals surface area (Å²) in [6, 6.07) is 15.5. The summed E-state index contributed by atoms with van der Waals surface area (Å²) in [4.78, 5) is 26.9. The molecule has 212 valence electrons. The maximum Gasteiger partial charge on any atom is 0.261 e. The highest BCUT2D eigenvalue weighted by Crippen LogP contribution is 2.36. The van der Waals surface area contributed by atoms with Crippen LogP contribution in [-0.2, 0) is 6.54 Å². The van der Waals surface area contributed by atoms with E-state index in [9.17, 15) is 9.59 Å². The van der Waals surface area contributed by atoms with Crippen molar-refractivity contribution < 1.29 is 4.42 Å². The summed E-state index contributed by atoms with van der Waals surface area (Å²) in [6.07, 6.45) is 20.9. The van der Waals surface area contributed by atoms with E-state index in [1.807, 2.05) is 48.5 Å². The first kappa shape index (κ1) is 28.4. The Morgan fingerprint density at radius 2 is 1.00 bits per heavy atom. The molecule has 40 heavy (non-hydrogen) atoms. The summed E-state index contributed by atoms with van der Waals surface area (Å²) < 4.78 is 7.61. The van der Waals surface area contributed by atoms with Crippen molar-refractivity contribution in [2.24, 2.45) is 0 Å². The zero-order chi connectivity index (χ0) is 27.7. The van der Waals surface area contributed by atoms with Crippen LogP contribution in [0.4, 0.5) is 0 Å². The molecule has 5 rings (SSSR count). The maximum atomic E-state index is 13.4. The van der Waals surface area contributed by atoms with Crippen molar-refractivity contribution in [1.29, 1.82) is 0 Å². The van der Waals surface area contributed by atoms with E-state index >= 15 is 0 Å². The normalized spacial score (nSPS) is 12.0. The third-order valence-corrected chi connectivity index (χ3v) is 8.71. The first-order valence-corrected chi connectivity index (χ1v) is 15.9. The summed E-state index contributed by atoms with van der Waals surface area (Å²) >= 11 is 0. The lowest BCUT2D eigenvalue weighted by molar-refractivity contribution is 0.517. The SMILES string of the molecule is CCCCCCCCCCCCCCCCCCn1c(=O)c2ccc3oc4ccccc4c4ccc(c1=O)c2c34. The number of hydrogen-bond acceptors (Lipinski definition) is 3. The molecule has 0 atom stereocenters. The van der Waals surface area contributed by atoms with Crippen LogP contribution in [0.3, 0.4) is 0 Å². The Balaban J connectivity index is 1.10. The van der Waals surface area contributed by atoms with Crippen molar-refractivity contribution in [3.05, 3.63) is 69.2 Å². The molecule has 0 amide bonds. The van der Waals surface area contributed by atoms with E-state index in [0.717, 1.165) is 40.0 Å². The molecule has 4 nitrogen and oxygen atoms in total. The summed E-state index contributed by atoms with van der Waals surface area (Å²) in [5.74, 6) is 0. The third-order valence-electron chi connectivity index (χ3n) is 8.71. The van der Waals surface area contributed by atoms with Crippen molar-refractivity contribution in [3.8, 4) is 0 Å². The molecule has 0 N–H and O–H groups in total. The Kier molecular flexibility index (Phi) is 9.91. The fraction of sp³-hybridized carbons (Fsp3) is 0.500. The van der Waals surface area contributed by atoms with Gasteiger partial charge in [-0.05, 0) is 36.1 Å². The molecule has 0 spiro atoms. The van der Waals surface area contributed by atoms with Crippen molar-refractivity contribution >= 4 is 43.5 Å². The minimum Gasteiger partial charge on any atom is -0.456 e. The van der Waals surface area contributed by atoms with E-state index in [1.54, 1.807) is 0 Å². The maximum absolute atomic E-state index is 13.4. The number of benzene rings is 3. The number of hydrogen-bond donors (Lipinski definition) is 0. The molecule has 4 heteroatoms. The molecule has 0 unspecified atom stereocenters. The summed E-state index contributed by atoms with van der Waals surface area (Å²) in [7, 11) is 0. The Morgan fingerprint density at radius 1 is 0.500 bits per heavy atom. The van der Waals surface area contributed by atoms with E-state index in [0.29, 0.717) is 22.9 Å². The molecule has 2 aromatic heterocycles. The molecule has 0 fully saturated rings. The van der Waals surface area contributed by atoms with Gasteiger partial charge in [-0.3, -0.25) is 14.2 Å². The highest BCUT2D eigenvalue weighted by atomic mass is 16.3. The van der Waals surface area contributed by atoms with Crippen LogP contribution in [0.5, 0.6) is 0 Å². The monoisotopic (exact) mass is 539 g/mol. The second-order valence-corrected chi connectivity index (χ2v) is 11.7. The van der Waals surface area contributed by atoms with E-state index in [4.69, 9.17) is 4.42 Å². The molecular formula is C36H45NO3. The van der Waals surface area contributed by atoms with Crippen molar-refractivity contribution in [2.45, 2.75) is 116 Å². The van der Waals surface area contributed by atoms with Crippen LogP contribution in [0, 0.1) is 0 Å². The van der Waals surface area contributed by atoms with Gasteiger partial charge in [-0.25, -0.2) is 0 Å². The Bertz CT molecular complexity index is 1610. The molecular weight excluding hydrogens is 494 g/mol. The summed E-state index contributed by atoms with van der Waals surface area (Å²) in [5, 5.41) is 4.84. The fourth-order valence-electron chi connectivity index (χ4n) is 6.43. The fourth-order valence-corrected chi connectivity index (χ4v) is 6.43. The average molecular weight is 540 g/mol. The lowest BCUT2D eigenvalue weighted by Gasteiger charge is -2.13. The van der Waals surface area contributed by atoms with Gasteiger partial charge in [0.1, 0.15) is 11.2 Å². The zero-order valence-corrected chi connectivity index (χ0v) is 24.3. The summed E-state index contributed by atoms with van der Waals surface area (Å²) in [5.41, 5.74) is 1.15. The molecule has 0 radical (unpaired) electrons. The number of pyridine rings is 1. The van der Waals surface area contributed by atoms with Gasteiger partial charge < -0.3 is 4.42 Å². The van der Waals surface area contributed by atoms with Crippen LogP contribution in [0.2, 0.25) is 0 Å². The zero-order valence-electron chi connectivity index (χ0n) is 24.3. The number of nitrogens with zero attached hydrogens (tertiary/aromatic N) is 1. The topological polar surface area (TPSA) is 52.2 Å². The molecule has 0 aliphatic carbocycles. The van der Waals surface area contributed by atoms with Gasteiger partial charge in [0.2, 0.25) is 0 Å². The predicted octanol–water partition coefficient (Wildman–Crippen LogP) is 10.1. The number of para-hydroxylation sites is 1. The van der Waals surface area contributed by atoms with Gasteiger partial charge in [0, 0.05) is 33.5 Å². The first-order valence-electron chi connectivity index (χ1n) is 15.9. The van der Waals surface area contributed by atoms with Crippen LogP contribution < -0.4 is 11.1 Å². The van der Waals surface area contributed by atoms with Gasteiger partial charge >= 0.3 is 0 Å². The molecule has 3 aromatic carbocycles. The van der Waals surface area contributed by atoms with Gasteiger partial charge in [0.25, 0.3) is 11.1 Å². The van der Waals surface area contributed by atoms with Crippen molar-refractivity contribution in [3.63, 3.8) is 0 Å². The molecule has 0 saturated heterocycles. The van der Waals surface area contributed by atoms with Crippen LogP contribution in [0.25, 0.3) is 43.5 Å². The minimum atomic E-state index is -0.180. The van der Waals surface area contributed by atoms with Crippen LogP contribution in [0.15, 0.2) is 62.5 Å². The van der Waals surface area contributed by atoms with E-state index in [1.165, 1.54) is 94.5 Å². The van der Waals surface area contributed by atoms with Gasteiger partial charge in [0.15, 0.2) is 0 Å². The summed E-state index contributed by atoms with van der Waals surface area (Å²) in [6.45, 7) is 2.76. The van der Waals surface area contributed by atoms with Crippen LogP contribution in [0.1, 0.15) is 110 Å². The second kappa shape index (κ2) is 14.0. The highest BCUT2D eigenvalue weighted by molar-refractivity contribution is 6.26. The van der Waals surface area contributed by atoms with Gasteiger partial charge in [-0.15, -0.1) is 0 Å². The molecule has 0 aliphatic rings. The largest absolute Gasteiger partial charge is 0.456 e. The van der Waals surface area contributed by atoms with Crippen molar-refractivity contribution in [1.82, 2.24) is 4.57 Å². The minimum absolute atomic E-state index is 0.180. The average Bonchev–Trinajstić information content (AvgIpc) is 2.98. The highest BCUT2D eigenvalue weighted by Gasteiger charge is 2.18. The number of unbranched alkanes of at least 4 members (excludes halogenated alkanes) is 15. The van der Waals surface area contributed by atoms with Crippen LogP contribution in [-0.4, -0.2) is 4.57 Å². The lowest BCUT2D eigenvalue weighted by Crippen LogP contribution is -2.33. The van der Waals surface area contributed by atoms with E-state index in [-0.39, 0.29) is 11.1 Å². The van der Waals surface area contributed by atoms with Gasteiger partial charge in [-0.1, -0.05) is 128 Å². The lowest BCUT2D eigenvalue weighted by atomic mass is 9.96. The molecule has 0 aliphatic heterocycles. The standard InChI is InChI=1S/C36H45NO3/c1-2-3-4-5-6-7-8-9-10-11-12-13-14-15-16-19-26-37-35(38)29-23-22-28-27-20-17-18-21-31(27)40-32-25-24-30(36(37)39)33(29)34(28)32/h17-18,20-25H,2-16,19,26H2,1H3. The first-order chi connectivity index (χ1) is 19.7. The quantitative estimate of drug-likeness (QED) is 0.0671. The van der Waals surface area contributed by atoms with E-state index < -0.39 is 0 Å². The van der Waals surface area contributed by atoms with Gasteiger partial charge in [0.05, 0.1) is 0 Å². The Labute approximate surface area is 237 Å². The second-order valence-electron chi connectivity index (χ2n) is 11.7. The Morgan fingerprint density at radius 3 is 1.60 bits per heavy atom. The number of fused-ring (bicyclic) bond motifs is 2. The molecule has 5 aromatic rings. The number of aromatic nitrogens is 1. The Hall–Kier alpha value is -3.14. The van der Waals surface area contributed by atoms with E-state index in [2.05, 4.69) is 6.92 Å². The van der Waals surface area contributed by atoms with Gasteiger partial charge in [-0.2, -0.15) is 0 Å². The van der Waals surface area contributed by atoms with Crippen LogP contribution >= 0.6 is 0 Å².